The number of carbonyl (C=O) groups excluding carboxylic acids is 1. The van der Waals surface area contributed by atoms with E-state index in [1.54, 1.807) is 14.0 Å². The van der Waals surface area contributed by atoms with E-state index in [2.05, 4.69) is 12.2 Å². The number of ether oxygens (including phenoxy) is 1. The van der Waals surface area contributed by atoms with Crippen LogP contribution in [0, 0.1) is 0 Å². The van der Waals surface area contributed by atoms with Crippen LogP contribution in [-0.4, -0.2) is 25.2 Å². The van der Waals surface area contributed by atoms with Crippen molar-refractivity contribution < 1.29 is 9.53 Å². The highest BCUT2D eigenvalue weighted by molar-refractivity contribution is 6.13. The molecule has 1 unspecified atom stereocenters. The smallest absolute Gasteiger partial charge is 0.145 e. The van der Waals surface area contributed by atoms with Gasteiger partial charge in [0.15, 0.2) is 0 Å². The van der Waals surface area contributed by atoms with Gasteiger partial charge in [0.2, 0.25) is 0 Å². The third kappa shape index (κ3) is 4.64. The van der Waals surface area contributed by atoms with Gasteiger partial charge in [0.25, 0.3) is 0 Å². The molecule has 2 aliphatic rings. The van der Waals surface area contributed by atoms with Crippen LogP contribution in [0.3, 0.4) is 0 Å². The van der Waals surface area contributed by atoms with Crippen molar-refractivity contribution >= 4 is 12.0 Å². The molecular formula is C19H21NO2. The summed E-state index contributed by atoms with van der Waals surface area (Å²) in [7, 11) is 1.67. The Balaban J connectivity index is 2.37. The molecule has 0 bridgehead atoms. The molecule has 0 radical (unpaired) electrons. The van der Waals surface area contributed by atoms with Crippen LogP contribution in [0.5, 0.6) is 0 Å². The van der Waals surface area contributed by atoms with Gasteiger partial charge in [-0.3, -0.25) is 4.79 Å². The third-order valence-corrected chi connectivity index (χ3v) is 3.39. The van der Waals surface area contributed by atoms with Gasteiger partial charge in [-0.1, -0.05) is 42.5 Å². The molecule has 0 saturated heterocycles. The van der Waals surface area contributed by atoms with Crippen molar-refractivity contribution in [3.8, 4) is 0 Å². The van der Waals surface area contributed by atoms with Crippen LogP contribution in [0.1, 0.15) is 19.8 Å². The maximum Gasteiger partial charge on any atom is 0.145 e. The van der Waals surface area contributed by atoms with Crippen LogP contribution >= 0.6 is 0 Å². The second kappa shape index (κ2) is 8.25. The Morgan fingerprint density at radius 3 is 2.86 bits per heavy atom. The van der Waals surface area contributed by atoms with Gasteiger partial charge in [-0.15, -0.1) is 0 Å². The van der Waals surface area contributed by atoms with E-state index in [0.717, 1.165) is 36.1 Å². The zero-order valence-corrected chi connectivity index (χ0v) is 13.0. The molecule has 0 spiro atoms. The first kappa shape index (κ1) is 16.1. The molecule has 0 aromatic rings. The number of hydrogen-bond acceptors (Lipinski definition) is 3. The highest BCUT2D eigenvalue weighted by Gasteiger charge is 2.07. The highest BCUT2D eigenvalue weighted by Crippen LogP contribution is 2.16. The first-order valence-corrected chi connectivity index (χ1v) is 7.41. The zero-order valence-electron chi connectivity index (χ0n) is 13.0. The lowest BCUT2D eigenvalue weighted by molar-refractivity contribution is -0.104. The van der Waals surface area contributed by atoms with Gasteiger partial charge in [0.1, 0.15) is 6.29 Å². The van der Waals surface area contributed by atoms with E-state index in [0.29, 0.717) is 5.57 Å². The molecule has 2 rings (SSSR count). The maximum atomic E-state index is 11.0. The Kier molecular flexibility index (Phi) is 6.04. The van der Waals surface area contributed by atoms with E-state index in [9.17, 15) is 4.79 Å². The van der Waals surface area contributed by atoms with Gasteiger partial charge in [0.05, 0.1) is 17.5 Å². The minimum Gasteiger partial charge on any atom is -0.373 e. The quantitative estimate of drug-likeness (QED) is 0.439. The van der Waals surface area contributed by atoms with Crippen LogP contribution in [0.25, 0.3) is 0 Å². The van der Waals surface area contributed by atoms with E-state index >= 15 is 0 Å². The van der Waals surface area contributed by atoms with Crippen LogP contribution in [0.4, 0.5) is 0 Å². The SMILES string of the molecule is COC1C=CC=C(C(/C=C(\C)C=O)=N/C2=CCCC=C2)C=C1. The van der Waals surface area contributed by atoms with Crippen molar-refractivity contribution in [2.75, 3.05) is 7.11 Å². The van der Waals surface area contributed by atoms with Crippen molar-refractivity contribution in [1.82, 2.24) is 0 Å². The fourth-order valence-corrected chi connectivity index (χ4v) is 2.17. The first-order chi connectivity index (χ1) is 10.7. The monoisotopic (exact) mass is 295 g/mol. The van der Waals surface area contributed by atoms with Gasteiger partial charge in [-0.05, 0) is 43.1 Å². The molecule has 0 aromatic carbocycles. The Morgan fingerprint density at radius 2 is 2.18 bits per heavy atom. The minimum absolute atomic E-state index is 0.0417. The predicted molar refractivity (Wildman–Crippen MR) is 90.9 cm³/mol. The van der Waals surface area contributed by atoms with E-state index in [1.807, 2.05) is 42.5 Å². The number of rotatable bonds is 5. The lowest BCUT2D eigenvalue weighted by Gasteiger charge is -2.07. The number of nitrogens with zero attached hydrogens (tertiary/aromatic N) is 1. The summed E-state index contributed by atoms with van der Waals surface area (Å²) in [6.45, 7) is 1.78. The number of hydrogen-bond donors (Lipinski definition) is 0. The van der Waals surface area contributed by atoms with Crippen molar-refractivity contribution in [1.29, 1.82) is 0 Å². The Hall–Kier alpha value is -2.26. The van der Waals surface area contributed by atoms with Gasteiger partial charge >= 0.3 is 0 Å². The average Bonchev–Trinajstić information content (AvgIpc) is 2.80. The second-order valence-electron chi connectivity index (χ2n) is 5.18. The van der Waals surface area contributed by atoms with Crippen LogP contribution < -0.4 is 0 Å². The molecule has 1 atom stereocenters. The molecule has 3 heteroatoms. The lowest BCUT2D eigenvalue weighted by atomic mass is 10.1. The molecule has 114 valence electrons. The molecule has 0 heterocycles. The van der Waals surface area contributed by atoms with Crippen molar-refractivity contribution in [2.45, 2.75) is 25.9 Å². The molecule has 0 fully saturated rings. The topological polar surface area (TPSA) is 38.7 Å². The summed E-state index contributed by atoms with van der Waals surface area (Å²) in [6, 6.07) is 0. The average molecular weight is 295 g/mol. The van der Waals surface area contributed by atoms with E-state index in [4.69, 9.17) is 9.73 Å². The molecule has 0 amide bonds. The normalized spacial score (nSPS) is 22.2. The standard InChI is InChI=1S/C19H21NO2/c1-15(14-21)13-19(20-17-8-4-3-5-9-17)16-7-6-10-18(22-2)12-11-16/h4,6-14,18H,3,5H2,1-2H3/b15-13+,20-19+. The van der Waals surface area contributed by atoms with E-state index in [-0.39, 0.29) is 6.10 Å². The van der Waals surface area contributed by atoms with Gasteiger partial charge in [0, 0.05) is 7.11 Å². The summed E-state index contributed by atoms with van der Waals surface area (Å²) in [5.41, 5.74) is 3.31. The highest BCUT2D eigenvalue weighted by atomic mass is 16.5. The largest absolute Gasteiger partial charge is 0.373 e. The number of allylic oxidation sites excluding steroid dienone is 9. The molecule has 0 saturated carbocycles. The molecule has 0 aromatic heterocycles. The summed E-state index contributed by atoms with van der Waals surface area (Å²) in [4.78, 5) is 15.7. The first-order valence-electron chi connectivity index (χ1n) is 7.41. The molecule has 2 aliphatic carbocycles. The summed E-state index contributed by atoms with van der Waals surface area (Å²) < 4.78 is 5.31. The summed E-state index contributed by atoms with van der Waals surface area (Å²) >= 11 is 0. The van der Waals surface area contributed by atoms with E-state index in [1.165, 1.54) is 0 Å². The van der Waals surface area contributed by atoms with E-state index < -0.39 is 0 Å². The van der Waals surface area contributed by atoms with Crippen LogP contribution in [-0.2, 0) is 9.53 Å². The molecule has 3 nitrogen and oxygen atoms in total. The number of aliphatic imine (C=N–C) groups is 1. The molecule has 0 aliphatic heterocycles. The lowest BCUT2D eigenvalue weighted by Crippen LogP contribution is -2.02. The number of methoxy groups -OCH3 is 1. The number of aldehydes is 1. The molecule has 22 heavy (non-hydrogen) atoms. The maximum absolute atomic E-state index is 11.0. The number of carbonyl (C=O) groups is 1. The predicted octanol–water partition coefficient (Wildman–Crippen LogP) is 3.87. The Bertz CT molecular complexity index is 628. The summed E-state index contributed by atoms with van der Waals surface area (Å²) in [5.74, 6) is 0. The van der Waals surface area contributed by atoms with Crippen LogP contribution in [0.2, 0.25) is 0 Å². The minimum atomic E-state index is -0.0417. The Morgan fingerprint density at radius 1 is 1.32 bits per heavy atom. The summed E-state index contributed by atoms with van der Waals surface area (Å²) in [6.07, 6.45) is 20.8. The van der Waals surface area contributed by atoms with Crippen molar-refractivity contribution in [3.63, 3.8) is 0 Å². The van der Waals surface area contributed by atoms with Crippen molar-refractivity contribution in [3.05, 3.63) is 71.5 Å². The zero-order chi connectivity index (χ0) is 15.8. The van der Waals surface area contributed by atoms with Gasteiger partial charge in [-0.25, -0.2) is 4.99 Å². The van der Waals surface area contributed by atoms with Crippen molar-refractivity contribution in [2.24, 2.45) is 4.99 Å². The summed E-state index contributed by atoms with van der Waals surface area (Å²) in [5, 5.41) is 0. The van der Waals surface area contributed by atoms with Crippen LogP contribution in [0.15, 0.2) is 76.5 Å². The molecule has 0 N–H and O–H groups in total. The molecular weight excluding hydrogens is 274 g/mol. The third-order valence-electron chi connectivity index (χ3n) is 3.39. The fourth-order valence-electron chi connectivity index (χ4n) is 2.17. The fraction of sp³-hybridized carbons (Fsp3) is 0.263. The second-order valence-corrected chi connectivity index (χ2v) is 5.18. The van der Waals surface area contributed by atoms with Gasteiger partial charge < -0.3 is 4.74 Å². The Labute approximate surface area is 131 Å². The van der Waals surface area contributed by atoms with Gasteiger partial charge in [-0.2, -0.15) is 0 Å².